The molecule has 0 saturated heterocycles. The number of hydrogen-bond donors (Lipinski definition) is 0. The Balaban J connectivity index is 2.22. The monoisotopic (exact) mass is 282 g/mol. The van der Waals surface area contributed by atoms with Crippen LogP contribution in [0.4, 0.5) is 0 Å². The zero-order valence-electron chi connectivity index (χ0n) is 12.3. The summed E-state index contributed by atoms with van der Waals surface area (Å²) >= 11 is 0. The van der Waals surface area contributed by atoms with Gasteiger partial charge in [-0.2, -0.15) is 0 Å². The van der Waals surface area contributed by atoms with Gasteiger partial charge in [0.25, 0.3) is 0 Å². The van der Waals surface area contributed by atoms with Gasteiger partial charge in [0.15, 0.2) is 0 Å². The van der Waals surface area contributed by atoms with Crippen LogP contribution in [0.2, 0.25) is 0 Å². The lowest BCUT2D eigenvalue weighted by molar-refractivity contribution is -0.138. The van der Waals surface area contributed by atoms with Gasteiger partial charge in [-0.3, -0.25) is 0 Å². The molecule has 0 bridgehead atoms. The van der Waals surface area contributed by atoms with Gasteiger partial charge in [-0.1, -0.05) is 67.8 Å². The average molecular weight is 282 g/mol. The van der Waals surface area contributed by atoms with Gasteiger partial charge in [-0.15, -0.1) is 0 Å². The van der Waals surface area contributed by atoms with Crippen molar-refractivity contribution in [3.8, 4) is 0 Å². The topological polar surface area (TPSA) is 26.3 Å². The molecule has 2 nitrogen and oxygen atoms in total. The fourth-order valence-corrected chi connectivity index (χ4v) is 1.64. The third-order valence-electron chi connectivity index (χ3n) is 2.81. The SMILES string of the molecule is C=CC=CCCCCOC(=O)C(=C)C=Cc1ccccc1. The second-order valence-corrected chi connectivity index (χ2v) is 4.56. The summed E-state index contributed by atoms with van der Waals surface area (Å²) in [4.78, 5) is 11.7. The highest BCUT2D eigenvalue weighted by atomic mass is 16.5. The van der Waals surface area contributed by atoms with Crippen LogP contribution >= 0.6 is 0 Å². The summed E-state index contributed by atoms with van der Waals surface area (Å²) in [6, 6.07) is 9.77. The highest BCUT2D eigenvalue weighted by Gasteiger charge is 2.04. The summed E-state index contributed by atoms with van der Waals surface area (Å²) < 4.78 is 5.16. The first-order valence-corrected chi connectivity index (χ1v) is 7.11. The molecule has 0 saturated carbocycles. The van der Waals surface area contributed by atoms with Crippen molar-refractivity contribution in [2.45, 2.75) is 19.3 Å². The molecule has 0 radical (unpaired) electrons. The van der Waals surface area contributed by atoms with E-state index in [-0.39, 0.29) is 5.97 Å². The molecule has 0 aromatic heterocycles. The van der Waals surface area contributed by atoms with Crippen LogP contribution < -0.4 is 0 Å². The summed E-state index contributed by atoms with van der Waals surface area (Å²) in [5.74, 6) is -0.358. The molecule has 0 spiro atoms. The zero-order valence-corrected chi connectivity index (χ0v) is 12.3. The second-order valence-electron chi connectivity index (χ2n) is 4.56. The van der Waals surface area contributed by atoms with Gasteiger partial charge in [0.2, 0.25) is 0 Å². The number of rotatable bonds is 9. The molecule has 0 amide bonds. The van der Waals surface area contributed by atoms with E-state index in [0.717, 1.165) is 24.8 Å². The molecule has 2 heteroatoms. The molecule has 0 atom stereocenters. The molecule has 1 aromatic carbocycles. The van der Waals surface area contributed by atoms with E-state index in [4.69, 9.17) is 4.74 Å². The molecule has 0 N–H and O–H groups in total. The zero-order chi connectivity index (χ0) is 15.3. The number of carbonyl (C=O) groups excluding carboxylic acids is 1. The molecule has 0 aliphatic carbocycles. The van der Waals surface area contributed by atoms with Crippen molar-refractivity contribution in [2.75, 3.05) is 6.61 Å². The molecule has 0 aliphatic rings. The lowest BCUT2D eigenvalue weighted by Crippen LogP contribution is -2.06. The van der Waals surface area contributed by atoms with Crippen molar-refractivity contribution in [3.63, 3.8) is 0 Å². The van der Waals surface area contributed by atoms with Crippen molar-refractivity contribution < 1.29 is 9.53 Å². The van der Waals surface area contributed by atoms with Gasteiger partial charge in [-0.25, -0.2) is 4.79 Å². The molecule has 110 valence electrons. The van der Waals surface area contributed by atoms with Gasteiger partial charge in [0.1, 0.15) is 0 Å². The van der Waals surface area contributed by atoms with Gasteiger partial charge >= 0.3 is 5.97 Å². The number of unbranched alkanes of at least 4 members (excludes halogenated alkanes) is 2. The largest absolute Gasteiger partial charge is 0.462 e. The molecule has 0 aliphatic heterocycles. The maximum absolute atomic E-state index is 11.7. The Morgan fingerprint density at radius 3 is 2.67 bits per heavy atom. The number of esters is 1. The third-order valence-corrected chi connectivity index (χ3v) is 2.81. The number of carbonyl (C=O) groups is 1. The molecule has 1 aromatic rings. The first-order chi connectivity index (χ1) is 10.2. The second kappa shape index (κ2) is 10.4. The van der Waals surface area contributed by atoms with Crippen LogP contribution in [0.3, 0.4) is 0 Å². The van der Waals surface area contributed by atoms with Gasteiger partial charge in [0, 0.05) is 0 Å². The lowest BCUT2D eigenvalue weighted by atomic mass is 10.2. The fraction of sp³-hybridized carbons (Fsp3) is 0.211. The summed E-state index contributed by atoms with van der Waals surface area (Å²) in [5, 5.41) is 0. The normalized spacial score (nSPS) is 10.9. The Labute approximate surface area is 127 Å². The van der Waals surface area contributed by atoms with E-state index < -0.39 is 0 Å². The highest BCUT2D eigenvalue weighted by Crippen LogP contribution is 2.06. The lowest BCUT2D eigenvalue weighted by Gasteiger charge is -2.03. The Bertz CT molecular complexity index is 510. The van der Waals surface area contributed by atoms with Crippen LogP contribution in [0.1, 0.15) is 24.8 Å². The third kappa shape index (κ3) is 7.73. The van der Waals surface area contributed by atoms with Crippen LogP contribution in [0.25, 0.3) is 6.08 Å². The minimum atomic E-state index is -0.358. The predicted molar refractivity (Wildman–Crippen MR) is 88.8 cm³/mol. The minimum Gasteiger partial charge on any atom is -0.462 e. The summed E-state index contributed by atoms with van der Waals surface area (Å²) in [6.07, 6.45) is 12.1. The van der Waals surface area contributed by atoms with E-state index in [9.17, 15) is 4.79 Å². The summed E-state index contributed by atoms with van der Waals surface area (Å²) in [5.41, 5.74) is 1.39. The maximum atomic E-state index is 11.7. The fourth-order valence-electron chi connectivity index (χ4n) is 1.64. The Morgan fingerprint density at radius 1 is 1.19 bits per heavy atom. The van der Waals surface area contributed by atoms with Crippen LogP contribution in [0.15, 0.2) is 73.4 Å². The van der Waals surface area contributed by atoms with Crippen molar-refractivity contribution >= 4 is 12.0 Å². The Kier molecular flexibility index (Phi) is 8.30. The number of benzene rings is 1. The van der Waals surface area contributed by atoms with Crippen molar-refractivity contribution in [2.24, 2.45) is 0 Å². The summed E-state index contributed by atoms with van der Waals surface area (Å²) in [6.45, 7) is 7.76. The standard InChI is InChI=1S/C19H22O2/c1-3-4-5-6-7-11-16-21-19(20)17(2)14-15-18-12-9-8-10-13-18/h3-5,8-10,12-15H,1-2,6-7,11,16H2. The van der Waals surface area contributed by atoms with Crippen molar-refractivity contribution in [3.05, 3.63) is 78.9 Å². The maximum Gasteiger partial charge on any atom is 0.337 e. The molecule has 0 unspecified atom stereocenters. The number of allylic oxidation sites excluding steroid dienone is 3. The van der Waals surface area contributed by atoms with Gasteiger partial charge in [-0.05, 0) is 30.9 Å². The van der Waals surface area contributed by atoms with Gasteiger partial charge < -0.3 is 4.74 Å². The first kappa shape index (κ1) is 16.7. The molecule has 1 rings (SSSR count). The quantitative estimate of drug-likeness (QED) is 0.284. The average Bonchev–Trinajstić information content (AvgIpc) is 2.52. The Morgan fingerprint density at radius 2 is 1.95 bits per heavy atom. The minimum absolute atomic E-state index is 0.358. The summed E-state index contributed by atoms with van der Waals surface area (Å²) in [7, 11) is 0. The van der Waals surface area contributed by atoms with Crippen LogP contribution in [0, 0.1) is 0 Å². The van der Waals surface area contributed by atoms with E-state index in [2.05, 4.69) is 19.2 Å². The predicted octanol–water partition coefficient (Wildman–Crippen LogP) is 4.71. The molecule has 0 heterocycles. The van der Waals surface area contributed by atoms with E-state index in [1.807, 2.05) is 42.5 Å². The van der Waals surface area contributed by atoms with E-state index in [1.165, 1.54) is 0 Å². The molecular formula is C19H22O2. The van der Waals surface area contributed by atoms with E-state index in [0.29, 0.717) is 12.2 Å². The molecule has 0 fully saturated rings. The Hall–Kier alpha value is -2.35. The number of hydrogen-bond acceptors (Lipinski definition) is 2. The van der Waals surface area contributed by atoms with Crippen LogP contribution in [0.5, 0.6) is 0 Å². The van der Waals surface area contributed by atoms with E-state index >= 15 is 0 Å². The first-order valence-electron chi connectivity index (χ1n) is 7.11. The highest BCUT2D eigenvalue weighted by molar-refractivity contribution is 5.92. The van der Waals surface area contributed by atoms with E-state index in [1.54, 1.807) is 12.2 Å². The van der Waals surface area contributed by atoms with Gasteiger partial charge in [0.05, 0.1) is 12.2 Å². The number of ether oxygens (including phenoxy) is 1. The van der Waals surface area contributed by atoms with Crippen molar-refractivity contribution in [1.82, 2.24) is 0 Å². The van der Waals surface area contributed by atoms with Crippen LogP contribution in [-0.4, -0.2) is 12.6 Å². The van der Waals surface area contributed by atoms with Crippen LogP contribution in [-0.2, 0) is 9.53 Å². The molecule has 21 heavy (non-hydrogen) atoms. The smallest absolute Gasteiger partial charge is 0.337 e. The molecular weight excluding hydrogens is 260 g/mol. The van der Waals surface area contributed by atoms with Crippen molar-refractivity contribution in [1.29, 1.82) is 0 Å².